The number of rotatable bonds is 10. The molecule has 0 saturated heterocycles. The van der Waals surface area contributed by atoms with E-state index in [2.05, 4.69) is 21.2 Å². The lowest BCUT2D eigenvalue weighted by Gasteiger charge is -2.32. The minimum atomic E-state index is -4.13. The second-order valence-corrected chi connectivity index (χ2v) is 12.4. The number of benzene rings is 3. The molecule has 1 atom stereocenters. The van der Waals surface area contributed by atoms with E-state index in [4.69, 9.17) is 0 Å². The molecule has 0 heterocycles. The zero-order chi connectivity index (χ0) is 28.0. The van der Waals surface area contributed by atoms with Gasteiger partial charge in [-0.1, -0.05) is 65.2 Å². The van der Waals surface area contributed by atoms with Crippen molar-refractivity contribution >= 4 is 43.5 Å². The first-order chi connectivity index (χ1) is 18.6. The average Bonchev–Trinajstić information content (AvgIpc) is 3.44. The molecule has 3 aromatic rings. The molecule has 1 aliphatic carbocycles. The molecule has 1 saturated carbocycles. The van der Waals surface area contributed by atoms with Gasteiger partial charge < -0.3 is 10.2 Å². The number of carbonyl (C=O) groups excluding carboxylic acids is 2. The summed E-state index contributed by atoms with van der Waals surface area (Å²) in [4.78, 5) is 28.5. The maximum atomic E-state index is 13.9. The van der Waals surface area contributed by atoms with E-state index < -0.39 is 34.3 Å². The maximum absolute atomic E-state index is 13.9. The van der Waals surface area contributed by atoms with Crippen molar-refractivity contribution in [2.24, 2.45) is 0 Å². The first kappa shape index (κ1) is 28.8. The van der Waals surface area contributed by atoms with Crippen molar-refractivity contribution in [2.45, 2.75) is 56.1 Å². The van der Waals surface area contributed by atoms with E-state index in [0.717, 1.165) is 30.0 Å². The molecular weight excluding hydrogens is 585 g/mol. The van der Waals surface area contributed by atoms with Crippen LogP contribution in [-0.2, 0) is 26.2 Å². The number of anilines is 1. The molecule has 7 nitrogen and oxygen atoms in total. The lowest BCUT2D eigenvalue weighted by atomic mass is 10.1. The highest BCUT2D eigenvalue weighted by molar-refractivity contribution is 9.10. The van der Waals surface area contributed by atoms with E-state index >= 15 is 0 Å². The zero-order valence-electron chi connectivity index (χ0n) is 21.6. The number of nitrogens with one attached hydrogen (secondary N) is 1. The lowest BCUT2D eigenvalue weighted by molar-refractivity contribution is -0.139. The van der Waals surface area contributed by atoms with Gasteiger partial charge in [0.2, 0.25) is 11.8 Å². The predicted octanol–water partition coefficient (Wildman–Crippen LogP) is 5.26. The van der Waals surface area contributed by atoms with Crippen molar-refractivity contribution < 1.29 is 22.4 Å². The van der Waals surface area contributed by atoms with Gasteiger partial charge >= 0.3 is 0 Å². The van der Waals surface area contributed by atoms with Crippen LogP contribution in [0.1, 0.15) is 38.2 Å². The first-order valence-electron chi connectivity index (χ1n) is 12.8. The fourth-order valence-electron chi connectivity index (χ4n) is 4.64. The summed E-state index contributed by atoms with van der Waals surface area (Å²) in [7, 11) is -4.13. The summed E-state index contributed by atoms with van der Waals surface area (Å²) >= 11 is 3.38. The van der Waals surface area contributed by atoms with Gasteiger partial charge in [0.25, 0.3) is 10.0 Å². The van der Waals surface area contributed by atoms with Gasteiger partial charge in [0.05, 0.1) is 10.6 Å². The van der Waals surface area contributed by atoms with Gasteiger partial charge in [-0.2, -0.15) is 0 Å². The number of hydrogen-bond donors (Lipinski definition) is 1. The monoisotopic (exact) mass is 615 g/mol. The lowest BCUT2D eigenvalue weighted by Crippen LogP contribution is -2.52. The van der Waals surface area contributed by atoms with Crippen molar-refractivity contribution in [2.75, 3.05) is 10.8 Å². The molecule has 10 heteroatoms. The van der Waals surface area contributed by atoms with Crippen LogP contribution in [0.5, 0.6) is 0 Å². The van der Waals surface area contributed by atoms with Gasteiger partial charge in [-0.15, -0.1) is 0 Å². The van der Waals surface area contributed by atoms with Gasteiger partial charge in [-0.3, -0.25) is 13.9 Å². The minimum absolute atomic E-state index is 0.01000. The van der Waals surface area contributed by atoms with Crippen LogP contribution in [0.4, 0.5) is 10.1 Å². The van der Waals surface area contributed by atoms with Crippen LogP contribution >= 0.6 is 15.9 Å². The first-order valence-corrected chi connectivity index (χ1v) is 15.1. The number of halogens is 2. The second-order valence-electron chi connectivity index (χ2n) is 9.62. The molecule has 0 aliphatic heterocycles. The van der Waals surface area contributed by atoms with E-state index in [0.29, 0.717) is 15.7 Å². The van der Waals surface area contributed by atoms with Gasteiger partial charge in [0, 0.05) is 17.1 Å². The molecule has 0 spiro atoms. The topological polar surface area (TPSA) is 86.8 Å². The Hall–Kier alpha value is -3.24. The fourth-order valence-corrected chi connectivity index (χ4v) is 6.45. The Morgan fingerprint density at radius 2 is 1.67 bits per heavy atom. The third-order valence-electron chi connectivity index (χ3n) is 6.84. The third kappa shape index (κ3) is 7.24. The Balaban J connectivity index is 1.67. The Kier molecular flexibility index (Phi) is 9.40. The third-order valence-corrected chi connectivity index (χ3v) is 9.12. The molecule has 0 bridgehead atoms. The summed E-state index contributed by atoms with van der Waals surface area (Å²) in [6.45, 7) is 1.10. The maximum Gasteiger partial charge on any atom is 0.264 e. The van der Waals surface area contributed by atoms with Crippen molar-refractivity contribution in [3.05, 3.63) is 94.7 Å². The van der Waals surface area contributed by atoms with Gasteiger partial charge in [0.1, 0.15) is 18.4 Å². The molecule has 4 rings (SSSR count). The van der Waals surface area contributed by atoms with Gasteiger partial charge in [-0.25, -0.2) is 12.8 Å². The molecule has 0 unspecified atom stereocenters. The largest absolute Gasteiger partial charge is 0.352 e. The van der Waals surface area contributed by atoms with E-state index in [1.54, 1.807) is 61.5 Å². The van der Waals surface area contributed by atoms with Crippen molar-refractivity contribution in [3.8, 4) is 0 Å². The summed E-state index contributed by atoms with van der Waals surface area (Å²) in [6, 6.07) is 19.4. The molecule has 39 heavy (non-hydrogen) atoms. The van der Waals surface area contributed by atoms with E-state index in [1.165, 1.54) is 29.2 Å². The van der Waals surface area contributed by atoms with Crippen molar-refractivity contribution in [3.63, 3.8) is 0 Å². The van der Waals surface area contributed by atoms with Crippen LogP contribution in [0.15, 0.2) is 88.2 Å². The van der Waals surface area contributed by atoms with E-state index in [1.807, 2.05) is 0 Å². The van der Waals surface area contributed by atoms with Crippen LogP contribution in [-0.4, -0.2) is 43.8 Å². The molecule has 206 valence electrons. The zero-order valence-corrected chi connectivity index (χ0v) is 24.0. The molecule has 3 aromatic carbocycles. The molecule has 0 radical (unpaired) electrons. The smallest absolute Gasteiger partial charge is 0.264 e. The van der Waals surface area contributed by atoms with Crippen LogP contribution < -0.4 is 9.62 Å². The normalized spacial score (nSPS) is 14.5. The molecule has 1 aliphatic rings. The molecular formula is C29H31BrFN3O4S. The van der Waals surface area contributed by atoms with E-state index in [9.17, 15) is 22.4 Å². The molecule has 0 aromatic heterocycles. The quantitative estimate of drug-likeness (QED) is 0.337. The fraction of sp³-hybridized carbons (Fsp3) is 0.310. The number of nitrogens with zero attached hydrogens (tertiary/aromatic N) is 2. The van der Waals surface area contributed by atoms with Crippen molar-refractivity contribution in [1.29, 1.82) is 0 Å². The Labute approximate surface area is 237 Å². The highest BCUT2D eigenvalue weighted by atomic mass is 79.9. The number of sulfonamides is 1. The molecule has 1 fully saturated rings. The summed E-state index contributed by atoms with van der Waals surface area (Å²) in [5.74, 6) is -1.29. The second kappa shape index (κ2) is 12.7. The number of amides is 2. The van der Waals surface area contributed by atoms with Crippen molar-refractivity contribution in [1.82, 2.24) is 10.2 Å². The Bertz CT molecular complexity index is 1400. The molecule has 1 N–H and O–H groups in total. The Morgan fingerprint density at radius 3 is 2.31 bits per heavy atom. The minimum Gasteiger partial charge on any atom is -0.352 e. The van der Waals surface area contributed by atoms with Crippen LogP contribution in [0.25, 0.3) is 0 Å². The molecule has 2 amide bonds. The van der Waals surface area contributed by atoms with Crippen LogP contribution in [0.3, 0.4) is 0 Å². The van der Waals surface area contributed by atoms with Gasteiger partial charge in [-0.05, 0) is 67.8 Å². The van der Waals surface area contributed by atoms with Gasteiger partial charge in [0.15, 0.2) is 0 Å². The predicted molar refractivity (Wildman–Crippen MR) is 152 cm³/mol. The summed E-state index contributed by atoms with van der Waals surface area (Å²) in [6.07, 6.45) is 3.85. The Morgan fingerprint density at radius 1 is 1.00 bits per heavy atom. The summed E-state index contributed by atoms with van der Waals surface area (Å²) < 4.78 is 42.8. The highest BCUT2D eigenvalue weighted by Gasteiger charge is 2.33. The highest BCUT2D eigenvalue weighted by Crippen LogP contribution is 2.27. The SMILES string of the molecule is C[C@H](C(=O)NC1CCCC1)N(Cc1ccc(F)cc1)C(=O)CN(c1cccc(Br)c1)S(=O)(=O)c1ccccc1. The standard InChI is InChI=1S/C29H31BrFN3O4S/c1-21(29(36)32-25-9-5-6-10-25)33(19-22-14-16-24(31)17-15-22)28(35)20-34(26-11-7-8-23(30)18-26)39(37,38)27-12-3-2-4-13-27/h2-4,7-8,11-18,21,25H,5-6,9-10,19-20H2,1H3,(H,32,36)/t21-/m1/s1. The summed E-state index contributed by atoms with van der Waals surface area (Å²) in [5, 5.41) is 3.03. The number of hydrogen-bond acceptors (Lipinski definition) is 4. The van der Waals surface area contributed by atoms with E-state index in [-0.39, 0.29) is 23.4 Å². The number of carbonyl (C=O) groups is 2. The van der Waals surface area contributed by atoms with Crippen LogP contribution in [0, 0.1) is 5.82 Å². The summed E-state index contributed by atoms with van der Waals surface area (Å²) in [5.41, 5.74) is 0.913. The van der Waals surface area contributed by atoms with Crippen LogP contribution in [0.2, 0.25) is 0 Å². The average molecular weight is 617 g/mol.